The van der Waals surface area contributed by atoms with Gasteiger partial charge in [0.15, 0.2) is 5.70 Å². The summed E-state index contributed by atoms with van der Waals surface area (Å²) < 4.78 is 0. The molecule has 1 aliphatic heterocycles. The van der Waals surface area contributed by atoms with Gasteiger partial charge in [0.25, 0.3) is 0 Å². The predicted molar refractivity (Wildman–Crippen MR) is 93.6 cm³/mol. The number of likely N-dealkylation sites (N-methyl/N-ethyl adjacent to an activating group) is 1. The number of carbonyl (C=O) groups is 1. The molecule has 2 aromatic rings. The van der Waals surface area contributed by atoms with E-state index in [4.69, 9.17) is 0 Å². The number of fused-ring (bicyclic) bond motifs is 1. The zero-order valence-corrected chi connectivity index (χ0v) is 13.8. The third-order valence-electron chi connectivity index (χ3n) is 4.32. The Morgan fingerprint density at radius 3 is 2.25 bits per heavy atom. The molecule has 0 unspecified atom stereocenters. The van der Waals surface area contributed by atoms with Crippen molar-refractivity contribution in [2.75, 3.05) is 11.9 Å². The van der Waals surface area contributed by atoms with Crippen LogP contribution in [0.1, 0.15) is 41.3 Å². The van der Waals surface area contributed by atoms with Gasteiger partial charge in [0, 0.05) is 12.6 Å². The summed E-state index contributed by atoms with van der Waals surface area (Å²) in [7, 11) is 1.69. The van der Waals surface area contributed by atoms with Gasteiger partial charge in [-0.25, -0.2) is 0 Å². The second kappa shape index (κ2) is 5.92. The number of rotatable bonds is 3. The van der Waals surface area contributed by atoms with E-state index >= 15 is 0 Å². The number of carbonyl (C=O) groups excluding carboxylic acids is 1. The number of para-hydroxylation sites is 1. The van der Waals surface area contributed by atoms with Crippen LogP contribution in [0.25, 0.3) is 5.70 Å². The Bertz CT molecular complexity index is 851. The molecule has 5 heteroatoms. The molecule has 0 amide bonds. The third-order valence-corrected chi connectivity index (χ3v) is 4.32. The van der Waals surface area contributed by atoms with Crippen molar-refractivity contribution in [3.05, 3.63) is 81.0 Å². The van der Waals surface area contributed by atoms with E-state index in [0.29, 0.717) is 22.7 Å². The fourth-order valence-corrected chi connectivity index (χ4v) is 2.98. The molecule has 0 saturated carbocycles. The minimum absolute atomic E-state index is 0.110. The van der Waals surface area contributed by atoms with E-state index in [2.05, 4.69) is 13.8 Å². The fraction of sp³-hybridized carbons (Fsp3) is 0.211. The number of benzene rings is 2. The molecule has 0 aromatic heterocycles. The van der Waals surface area contributed by atoms with Crippen molar-refractivity contribution in [2.45, 2.75) is 19.8 Å². The number of allylic oxidation sites excluding steroid dienone is 1. The Hall–Kier alpha value is -2.95. The molecule has 0 spiro atoms. The van der Waals surface area contributed by atoms with E-state index in [1.54, 1.807) is 42.3 Å². The van der Waals surface area contributed by atoms with Gasteiger partial charge >= 0.3 is 5.70 Å². The summed E-state index contributed by atoms with van der Waals surface area (Å²) in [5, 5.41) is 11.7. The molecule has 0 atom stereocenters. The number of nitro groups is 1. The summed E-state index contributed by atoms with van der Waals surface area (Å²) >= 11 is 0. The second-order valence-electron chi connectivity index (χ2n) is 6.14. The lowest BCUT2D eigenvalue weighted by atomic mass is 10.00. The first kappa shape index (κ1) is 15.9. The van der Waals surface area contributed by atoms with Crippen LogP contribution in [0.2, 0.25) is 0 Å². The summed E-state index contributed by atoms with van der Waals surface area (Å²) in [6, 6.07) is 14.2. The Morgan fingerprint density at radius 2 is 1.71 bits per heavy atom. The van der Waals surface area contributed by atoms with Gasteiger partial charge in [0.05, 0.1) is 16.2 Å². The minimum atomic E-state index is -0.472. The van der Waals surface area contributed by atoms with E-state index in [-0.39, 0.29) is 17.2 Å². The predicted octanol–water partition coefficient (Wildman–Crippen LogP) is 4.09. The Morgan fingerprint density at radius 1 is 1.08 bits per heavy atom. The van der Waals surface area contributed by atoms with E-state index in [1.165, 1.54) is 0 Å². The molecule has 3 rings (SSSR count). The molecule has 5 nitrogen and oxygen atoms in total. The largest absolute Gasteiger partial charge is 0.335 e. The van der Waals surface area contributed by atoms with Crippen molar-refractivity contribution < 1.29 is 9.72 Å². The maximum Gasteiger partial charge on any atom is 0.304 e. The number of nitrogens with zero attached hydrogens (tertiary/aromatic N) is 2. The number of hydrogen-bond donors (Lipinski definition) is 0. The monoisotopic (exact) mass is 322 g/mol. The summed E-state index contributed by atoms with van der Waals surface area (Å²) in [5.74, 6) is 0.0264. The lowest BCUT2D eigenvalue weighted by Gasteiger charge is -2.14. The molecule has 0 fully saturated rings. The third kappa shape index (κ3) is 2.48. The smallest absolute Gasteiger partial charge is 0.304 e. The van der Waals surface area contributed by atoms with Crippen LogP contribution in [0, 0.1) is 10.1 Å². The van der Waals surface area contributed by atoms with Crippen LogP contribution >= 0.6 is 0 Å². The summed E-state index contributed by atoms with van der Waals surface area (Å²) in [6.45, 7) is 4.12. The zero-order valence-electron chi connectivity index (χ0n) is 13.8. The molecular formula is C19H18N2O3. The first-order chi connectivity index (χ1) is 11.4. The van der Waals surface area contributed by atoms with E-state index < -0.39 is 4.92 Å². The highest BCUT2D eigenvalue weighted by molar-refractivity contribution is 6.21. The van der Waals surface area contributed by atoms with E-state index in [1.807, 2.05) is 18.2 Å². The summed E-state index contributed by atoms with van der Waals surface area (Å²) in [6.07, 6.45) is 0. The van der Waals surface area contributed by atoms with E-state index in [0.717, 1.165) is 5.56 Å². The highest BCUT2D eigenvalue weighted by Gasteiger charge is 2.37. The SMILES string of the molecule is CC(C)c1ccc(/C(=C2\C(=O)c3ccccc3N2C)[N+](=O)[O-])cc1. The van der Waals surface area contributed by atoms with Gasteiger partial charge < -0.3 is 4.90 Å². The van der Waals surface area contributed by atoms with Gasteiger partial charge in [0.2, 0.25) is 5.78 Å². The topological polar surface area (TPSA) is 63.5 Å². The highest BCUT2D eigenvalue weighted by atomic mass is 16.6. The average Bonchev–Trinajstić information content (AvgIpc) is 2.81. The van der Waals surface area contributed by atoms with Crippen molar-refractivity contribution in [3.63, 3.8) is 0 Å². The number of hydrogen-bond acceptors (Lipinski definition) is 4. The summed E-state index contributed by atoms with van der Waals surface area (Å²) in [4.78, 5) is 25.5. The Balaban J connectivity index is 2.17. The molecule has 122 valence electrons. The van der Waals surface area contributed by atoms with Gasteiger partial charge in [-0.1, -0.05) is 38.1 Å². The number of anilines is 1. The second-order valence-corrected chi connectivity index (χ2v) is 6.14. The molecule has 24 heavy (non-hydrogen) atoms. The maximum absolute atomic E-state index is 12.7. The van der Waals surface area contributed by atoms with Crippen molar-refractivity contribution in [3.8, 4) is 0 Å². The molecule has 2 aromatic carbocycles. The number of Topliss-reactive ketones (excluding diaryl/α,β-unsaturated/α-hetero) is 1. The van der Waals surface area contributed by atoms with Crippen LogP contribution in [0.15, 0.2) is 54.2 Å². The minimum Gasteiger partial charge on any atom is -0.335 e. The van der Waals surface area contributed by atoms with Crippen LogP contribution in [-0.4, -0.2) is 17.8 Å². The van der Waals surface area contributed by atoms with Crippen LogP contribution in [0.3, 0.4) is 0 Å². The molecule has 1 heterocycles. The lowest BCUT2D eigenvalue weighted by molar-refractivity contribution is -0.376. The average molecular weight is 322 g/mol. The van der Waals surface area contributed by atoms with Crippen LogP contribution in [-0.2, 0) is 0 Å². The zero-order chi connectivity index (χ0) is 17.4. The Kier molecular flexibility index (Phi) is 3.93. The first-order valence-electron chi connectivity index (χ1n) is 7.78. The summed E-state index contributed by atoms with van der Waals surface area (Å²) in [5.41, 5.74) is 2.67. The van der Waals surface area contributed by atoms with Crippen LogP contribution in [0.4, 0.5) is 5.69 Å². The standard InChI is InChI=1S/C19H18N2O3/c1-12(2)13-8-10-14(11-9-13)17(21(23)24)18-19(22)15-6-4-5-7-16(15)20(18)3/h4-12H,1-3H3/b18-17-. The fourth-order valence-electron chi connectivity index (χ4n) is 2.98. The maximum atomic E-state index is 12.7. The van der Waals surface area contributed by atoms with Crippen molar-refractivity contribution in [2.24, 2.45) is 0 Å². The molecule has 0 saturated heterocycles. The van der Waals surface area contributed by atoms with Gasteiger partial charge in [0.1, 0.15) is 0 Å². The normalized spacial score (nSPS) is 15.7. The van der Waals surface area contributed by atoms with Gasteiger partial charge in [-0.2, -0.15) is 0 Å². The molecule has 1 aliphatic rings. The van der Waals surface area contributed by atoms with E-state index in [9.17, 15) is 14.9 Å². The van der Waals surface area contributed by atoms with Gasteiger partial charge in [-0.15, -0.1) is 0 Å². The number of ketones is 1. The lowest BCUT2D eigenvalue weighted by Crippen LogP contribution is -2.19. The van der Waals surface area contributed by atoms with Crippen molar-refractivity contribution in [1.29, 1.82) is 0 Å². The molecule has 0 radical (unpaired) electrons. The molecular weight excluding hydrogens is 304 g/mol. The molecule has 0 N–H and O–H groups in total. The van der Waals surface area contributed by atoms with Crippen LogP contribution in [0.5, 0.6) is 0 Å². The van der Waals surface area contributed by atoms with Gasteiger partial charge in [-0.05, 0) is 35.7 Å². The van der Waals surface area contributed by atoms with Gasteiger partial charge in [-0.3, -0.25) is 14.9 Å². The Labute approximate surface area is 140 Å². The first-order valence-corrected chi connectivity index (χ1v) is 7.78. The quantitative estimate of drug-likeness (QED) is 0.485. The van der Waals surface area contributed by atoms with Crippen molar-refractivity contribution >= 4 is 17.2 Å². The van der Waals surface area contributed by atoms with Crippen molar-refractivity contribution in [1.82, 2.24) is 0 Å². The van der Waals surface area contributed by atoms with Crippen LogP contribution < -0.4 is 4.90 Å². The highest BCUT2D eigenvalue weighted by Crippen LogP contribution is 2.37. The molecule has 0 bridgehead atoms. The molecule has 0 aliphatic carbocycles.